The first kappa shape index (κ1) is 13.1. The first-order valence-electron chi connectivity index (χ1n) is 7.42. The number of thiazole rings is 1. The molecule has 19 heavy (non-hydrogen) atoms. The van der Waals surface area contributed by atoms with E-state index in [4.69, 9.17) is 4.98 Å². The molecule has 0 aromatic carbocycles. The second-order valence-electron chi connectivity index (χ2n) is 5.75. The van der Waals surface area contributed by atoms with Crippen LogP contribution in [0.3, 0.4) is 0 Å². The van der Waals surface area contributed by atoms with Gasteiger partial charge in [0.15, 0.2) is 4.96 Å². The minimum absolute atomic E-state index is 0.805. The average Bonchev–Trinajstić information content (AvgIpc) is 2.89. The van der Waals surface area contributed by atoms with Crippen LogP contribution in [0.25, 0.3) is 4.96 Å². The summed E-state index contributed by atoms with van der Waals surface area (Å²) in [5.74, 6) is 1.63. The molecular formula is C15H23N3S. The highest BCUT2D eigenvalue weighted by atomic mass is 32.1. The van der Waals surface area contributed by atoms with Crippen LogP contribution in [0.4, 0.5) is 0 Å². The third-order valence-electron chi connectivity index (χ3n) is 4.40. The summed E-state index contributed by atoms with van der Waals surface area (Å²) in [4.78, 5) is 5.89. The Labute approximate surface area is 119 Å². The normalized spacial score (nSPS) is 24.7. The fraction of sp³-hybridized carbons (Fsp3) is 0.667. The van der Waals surface area contributed by atoms with E-state index in [2.05, 4.69) is 34.5 Å². The van der Waals surface area contributed by atoms with Gasteiger partial charge in [-0.25, -0.2) is 4.98 Å². The molecule has 0 aliphatic heterocycles. The number of aromatic nitrogens is 2. The van der Waals surface area contributed by atoms with Crippen molar-refractivity contribution in [3.8, 4) is 0 Å². The number of hydrogen-bond donors (Lipinski definition) is 1. The number of nitrogens with one attached hydrogen (secondary N) is 1. The van der Waals surface area contributed by atoms with Crippen molar-refractivity contribution in [2.24, 2.45) is 11.8 Å². The monoisotopic (exact) mass is 277 g/mol. The molecule has 1 aliphatic carbocycles. The molecule has 2 aromatic heterocycles. The van der Waals surface area contributed by atoms with Crippen molar-refractivity contribution >= 4 is 16.3 Å². The van der Waals surface area contributed by atoms with Crippen molar-refractivity contribution in [2.75, 3.05) is 13.6 Å². The highest BCUT2D eigenvalue weighted by molar-refractivity contribution is 7.15. The minimum Gasteiger partial charge on any atom is -0.319 e. The summed E-state index contributed by atoms with van der Waals surface area (Å²) in [6, 6.07) is 0. The minimum atomic E-state index is 0.805. The predicted molar refractivity (Wildman–Crippen MR) is 80.8 cm³/mol. The first-order chi connectivity index (χ1) is 9.36. The third-order valence-corrected chi connectivity index (χ3v) is 5.17. The number of imidazole rings is 1. The van der Waals surface area contributed by atoms with E-state index >= 15 is 0 Å². The van der Waals surface area contributed by atoms with Gasteiger partial charge in [0, 0.05) is 17.8 Å². The molecule has 0 bridgehead atoms. The lowest BCUT2D eigenvalue weighted by molar-refractivity contribution is 0.302. The zero-order chi connectivity index (χ0) is 13.1. The molecule has 1 saturated carbocycles. The number of rotatable bonds is 4. The summed E-state index contributed by atoms with van der Waals surface area (Å²) in [7, 11) is 2.08. The fourth-order valence-electron chi connectivity index (χ4n) is 3.40. The summed E-state index contributed by atoms with van der Waals surface area (Å²) in [6.07, 6.45) is 12.4. The summed E-state index contributed by atoms with van der Waals surface area (Å²) < 4.78 is 2.16. The van der Waals surface area contributed by atoms with Gasteiger partial charge in [-0.15, -0.1) is 11.3 Å². The van der Waals surface area contributed by atoms with Crippen LogP contribution in [0.1, 0.15) is 37.8 Å². The SMILES string of the molecule is CNCC1CCCCCC1Cc1cn2ccsc2n1. The molecule has 2 unspecified atom stereocenters. The van der Waals surface area contributed by atoms with Gasteiger partial charge in [0.1, 0.15) is 0 Å². The maximum absolute atomic E-state index is 4.75. The van der Waals surface area contributed by atoms with Gasteiger partial charge in [-0.3, -0.25) is 4.40 Å². The molecule has 0 spiro atoms. The van der Waals surface area contributed by atoms with Crippen LogP contribution in [-0.2, 0) is 6.42 Å². The van der Waals surface area contributed by atoms with Crippen LogP contribution in [0.2, 0.25) is 0 Å². The van der Waals surface area contributed by atoms with Crippen LogP contribution in [-0.4, -0.2) is 23.0 Å². The Bertz CT molecular complexity index is 488. The summed E-state index contributed by atoms with van der Waals surface area (Å²) in [5.41, 5.74) is 1.28. The molecule has 1 N–H and O–H groups in total. The summed E-state index contributed by atoms with van der Waals surface area (Å²) in [6.45, 7) is 1.16. The van der Waals surface area contributed by atoms with Crippen molar-refractivity contribution in [1.82, 2.24) is 14.7 Å². The Kier molecular flexibility index (Phi) is 4.18. The molecule has 3 rings (SSSR count). The third kappa shape index (κ3) is 3.00. The maximum atomic E-state index is 4.75. The van der Waals surface area contributed by atoms with Crippen molar-refractivity contribution < 1.29 is 0 Å². The molecule has 2 atom stereocenters. The van der Waals surface area contributed by atoms with E-state index < -0.39 is 0 Å². The van der Waals surface area contributed by atoms with Gasteiger partial charge in [-0.2, -0.15) is 0 Å². The largest absolute Gasteiger partial charge is 0.319 e. The van der Waals surface area contributed by atoms with Gasteiger partial charge in [-0.1, -0.05) is 19.3 Å². The Morgan fingerprint density at radius 1 is 1.32 bits per heavy atom. The van der Waals surface area contributed by atoms with Gasteiger partial charge in [-0.05, 0) is 44.7 Å². The van der Waals surface area contributed by atoms with Crippen molar-refractivity contribution in [1.29, 1.82) is 0 Å². The molecule has 3 nitrogen and oxygen atoms in total. The quantitative estimate of drug-likeness (QED) is 0.868. The lowest BCUT2D eigenvalue weighted by atomic mass is 9.84. The Morgan fingerprint density at radius 2 is 2.16 bits per heavy atom. The van der Waals surface area contributed by atoms with E-state index in [1.807, 2.05) is 0 Å². The van der Waals surface area contributed by atoms with E-state index in [1.54, 1.807) is 11.3 Å². The summed E-state index contributed by atoms with van der Waals surface area (Å²) >= 11 is 1.72. The van der Waals surface area contributed by atoms with Gasteiger partial charge < -0.3 is 5.32 Å². The molecule has 1 aliphatic rings. The Hall–Kier alpha value is -0.870. The van der Waals surface area contributed by atoms with Crippen molar-refractivity contribution in [2.45, 2.75) is 38.5 Å². The zero-order valence-corrected chi connectivity index (χ0v) is 12.5. The van der Waals surface area contributed by atoms with Gasteiger partial charge >= 0.3 is 0 Å². The molecule has 2 aromatic rings. The van der Waals surface area contributed by atoms with E-state index in [1.165, 1.54) is 37.8 Å². The standard InChI is InChI=1S/C15H23N3S/c1-16-10-13-6-4-2-3-5-12(13)9-14-11-18-7-8-19-15(18)17-14/h7-8,11-13,16H,2-6,9-10H2,1H3. The van der Waals surface area contributed by atoms with Crippen molar-refractivity contribution in [3.05, 3.63) is 23.5 Å². The van der Waals surface area contributed by atoms with Crippen LogP contribution in [0, 0.1) is 11.8 Å². The lowest BCUT2D eigenvalue weighted by Crippen LogP contribution is -2.26. The molecule has 0 radical (unpaired) electrons. The van der Waals surface area contributed by atoms with Crippen LogP contribution >= 0.6 is 11.3 Å². The van der Waals surface area contributed by atoms with E-state index in [0.29, 0.717) is 0 Å². The highest BCUT2D eigenvalue weighted by Crippen LogP contribution is 2.31. The van der Waals surface area contributed by atoms with Gasteiger partial charge in [0.2, 0.25) is 0 Å². The van der Waals surface area contributed by atoms with Crippen LogP contribution < -0.4 is 5.32 Å². The molecule has 4 heteroatoms. The first-order valence-corrected chi connectivity index (χ1v) is 8.30. The lowest BCUT2D eigenvalue weighted by Gasteiger charge is -2.24. The van der Waals surface area contributed by atoms with E-state index in [-0.39, 0.29) is 0 Å². The second-order valence-corrected chi connectivity index (χ2v) is 6.62. The summed E-state index contributed by atoms with van der Waals surface area (Å²) in [5, 5.41) is 5.48. The zero-order valence-electron chi connectivity index (χ0n) is 11.6. The average molecular weight is 277 g/mol. The Balaban J connectivity index is 1.73. The van der Waals surface area contributed by atoms with Crippen molar-refractivity contribution in [3.63, 3.8) is 0 Å². The molecule has 2 heterocycles. The molecule has 1 fully saturated rings. The maximum Gasteiger partial charge on any atom is 0.193 e. The predicted octanol–water partition coefficient (Wildman–Crippen LogP) is 3.35. The highest BCUT2D eigenvalue weighted by Gasteiger charge is 2.24. The van der Waals surface area contributed by atoms with Crippen LogP contribution in [0.5, 0.6) is 0 Å². The topological polar surface area (TPSA) is 29.3 Å². The molecule has 104 valence electrons. The van der Waals surface area contributed by atoms with Gasteiger partial charge in [0.25, 0.3) is 0 Å². The Morgan fingerprint density at radius 3 is 2.95 bits per heavy atom. The number of nitrogens with zero attached hydrogens (tertiary/aromatic N) is 2. The van der Waals surface area contributed by atoms with Crippen LogP contribution in [0.15, 0.2) is 17.8 Å². The van der Waals surface area contributed by atoms with E-state index in [0.717, 1.165) is 29.8 Å². The number of hydrogen-bond acceptors (Lipinski definition) is 3. The molecular weight excluding hydrogens is 254 g/mol. The second kappa shape index (κ2) is 6.06. The molecule has 0 amide bonds. The number of fused-ring (bicyclic) bond motifs is 1. The smallest absolute Gasteiger partial charge is 0.193 e. The van der Waals surface area contributed by atoms with E-state index in [9.17, 15) is 0 Å². The fourth-order valence-corrected chi connectivity index (χ4v) is 4.12. The molecule has 0 saturated heterocycles. The van der Waals surface area contributed by atoms with Gasteiger partial charge in [0.05, 0.1) is 5.69 Å².